The molecule has 0 saturated carbocycles. The van der Waals surface area contributed by atoms with Crippen LogP contribution in [-0.2, 0) is 6.42 Å². The van der Waals surface area contributed by atoms with Crippen molar-refractivity contribution < 1.29 is 0 Å². The number of nitrogens with zero attached hydrogens (tertiary/aromatic N) is 2. The summed E-state index contributed by atoms with van der Waals surface area (Å²) in [7, 11) is 4.01. The van der Waals surface area contributed by atoms with E-state index in [9.17, 15) is 0 Å². The summed E-state index contributed by atoms with van der Waals surface area (Å²) in [5, 5.41) is 0. The zero-order valence-electron chi connectivity index (χ0n) is 10.4. The summed E-state index contributed by atoms with van der Waals surface area (Å²) < 4.78 is 0. The van der Waals surface area contributed by atoms with Crippen LogP contribution >= 0.6 is 12.2 Å². The van der Waals surface area contributed by atoms with Gasteiger partial charge in [-0.3, -0.25) is 0 Å². The van der Waals surface area contributed by atoms with Crippen molar-refractivity contribution in [2.45, 2.75) is 12.8 Å². The fourth-order valence-corrected chi connectivity index (χ4v) is 2.32. The van der Waals surface area contributed by atoms with Gasteiger partial charge in [-0.1, -0.05) is 30.4 Å². The summed E-state index contributed by atoms with van der Waals surface area (Å²) in [6.45, 7) is 1.02. The highest BCUT2D eigenvalue weighted by molar-refractivity contribution is 7.81. The Kier molecular flexibility index (Phi) is 3.79. The van der Waals surface area contributed by atoms with Gasteiger partial charge in [0.2, 0.25) is 0 Å². The number of anilines is 1. The van der Waals surface area contributed by atoms with Crippen molar-refractivity contribution in [1.82, 2.24) is 4.90 Å². The predicted molar refractivity (Wildman–Crippen MR) is 77.5 cm³/mol. The van der Waals surface area contributed by atoms with Crippen molar-refractivity contribution in [2.24, 2.45) is 0 Å². The first-order valence-electron chi connectivity index (χ1n) is 5.92. The molecule has 1 aromatic rings. The fraction of sp³-hybridized carbons (Fsp3) is 0.357. The Morgan fingerprint density at radius 2 is 2.12 bits per heavy atom. The first-order valence-corrected chi connectivity index (χ1v) is 6.33. The average Bonchev–Trinajstić information content (AvgIpc) is 2.35. The molecule has 0 atom stereocenters. The Hall–Kier alpha value is -1.35. The summed E-state index contributed by atoms with van der Waals surface area (Å²) >= 11 is 5.48. The number of fused-ring (bicyclic) bond motifs is 1. The van der Waals surface area contributed by atoms with Crippen LogP contribution in [0.4, 0.5) is 5.69 Å². The van der Waals surface area contributed by atoms with E-state index in [4.69, 9.17) is 12.2 Å². The molecule has 1 heterocycles. The lowest BCUT2D eigenvalue weighted by atomic mass is 10.0. The zero-order valence-corrected chi connectivity index (χ0v) is 11.2. The highest BCUT2D eigenvalue weighted by atomic mass is 32.1. The molecule has 0 N–H and O–H groups in total. The van der Waals surface area contributed by atoms with E-state index < -0.39 is 0 Å². The molecule has 1 aromatic carbocycles. The molecule has 2 rings (SSSR count). The van der Waals surface area contributed by atoms with Crippen molar-refractivity contribution in [3.63, 3.8) is 0 Å². The maximum Gasteiger partial charge on any atom is 0.107 e. The minimum absolute atomic E-state index is 0.894. The number of para-hydroxylation sites is 1. The third-order valence-electron chi connectivity index (χ3n) is 2.89. The number of benzene rings is 1. The minimum Gasteiger partial charge on any atom is -0.383 e. The second-order valence-electron chi connectivity index (χ2n) is 4.50. The van der Waals surface area contributed by atoms with Gasteiger partial charge in [0.1, 0.15) is 4.99 Å². The van der Waals surface area contributed by atoms with Crippen LogP contribution in [0.1, 0.15) is 12.0 Å². The van der Waals surface area contributed by atoms with Crippen molar-refractivity contribution >= 4 is 22.9 Å². The van der Waals surface area contributed by atoms with E-state index in [1.165, 1.54) is 17.7 Å². The molecule has 0 spiro atoms. The smallest absolute Gasteiger partial charge is 0.107 e. The van der Waals surface area contributed by atoms with E-state index in [1.807, 2.05) is 31.3 Å². The van der Waals surface area contributed by atoms with Gasteiger partial charge in [-0.05, 0) is 30.5 Å². The summed E-state index contributed by atoms with van der Waals surface area (Å²) in [5.41, 5.74) is 2.67. The van der Waals surface area contributed by atoms with Crippen LogP contribution in [-0.4, -0.2) is 30.5 Å². The van der Waals surface area contributed by atoms with E-state index in [2.05, 4.69) is 29.2 Å². The van der Waals surface area contributed by atoms with E-state index in [-0.39, 0.29) is 0 Å². The summed E-state index contributed by atoms with van der Waals surface area (Å²) in [6.07, 6.45) is 6.33. The number of rotatable bonds is 2. The second kappa shape index (κ2) is 5.32. The first-order chi connectivity index (χ1) is 8.18. The molecular weight excluding hydrogens is 228 g/mol. The predicted octanol–water partition coefficient (Wildman–Crippen LogP) is 2.84. The van der Waals surface area contributed by atoms with Gasteiger partial charge in [0.15, 0.2) is 0 Å². The monoisotopic (exact) mass is 246 g/mol. The Morgan fingerprint density at radius 3 is 2.88 bits per heavy atom. The van der Waals surface area contributed by atoms with Gasteiger partial charge in [0.05, 0.1) is 0 Å². The van der Waals surface area contributed by atoms with Gasteiger partial charge >= 0.3 is 0 Å². The van der Waals surface area contributed by atoms with Crippen molar-refractivity contribution in [3.8, 4) is 0 Å². The lowest BCUT2D eigenvalue weighted by Crippen LogP contribution is -2.33. The fourth-order valence-electron chi connectivity index (χ4n) is 2.07. The van der Waals surface area contributed by atoms with Gasteiger partial charge < -0.3 is 9.80 Å². The maximum absolute atomic E-state index is 5.48. The Labute approximate surface area is 109 Å². The summed E-state index contributed by atoms with van der Waals surface area (Å²) in [6, 6.07) is 8.53. The molecule has 0 saturated heterocycles. The Bertz CT molecular complexity index is 438. The van der Waals surface area contributed by atoms with Gasteiger partial charge in [0, 0.05) is 32.5 Å². The van der Waals surface area contributed by atoms with Gasteiger partial charge in [-0.25, -0.2) is 0 Å². The quantitative estimate of drug-likeness (QED) is 0.585. The number of aryl methyl sites for hydroxylation is 1. The summed E-state index contributed by atoms with van der Waals surface area (Å²) in [5.74, 6) is 0. The molecule has 3 heteroatoms. The highest BCUT2D eigenvalue weighted by Crippen LogP contribution is 2.27. The molecule has 0 amide bonds. The van der Waals surface area contributed by atoms with Crippen LogP contribution < -0.4 is 4.90 Å². The average molecular weight is 246 g/mol. The van der Waals surface area contributed by atoms with Crippen molar-refractivity contribution in [2.75, 3.05) is 25.5 Å². The minimum atomic E-state index is 0.894. The molecular formula is C14H18N2S. The normalized spacial score (nSPS) is 14.8. The zero-order chi connectivity index (χ0) is 12.3. The number of hydrogen-bond acceptors (Lipinski definition) is 2. The van der Waals surface area contributed by atoms with Crippen LogP contribution in [0.15, 0.2) is 36.5 Å². The van der Waals surface area contributed by atoms with Gasteiger partial charge in [0.25, 0.3) is 0 Å². The number of hydrogen-bond donors (Lipinski definition) is 0. The van der Waals surface area contributed by atoms with Gasteiger partial charge in [-0.15, -0.1) is 0 Å². The molecule has 0 fully saturated rings. The van der Waals surface area contributed by atoms with Crippen molar-refractivity contribution in [3.05, 3.63) is 42.1 Å². The molecule has 0 bridgehead atoms. The topological polar surface area (TPSA) is 6.48 Å². The molecule has 2 nitrogen and oxygen atoms in total. The van der Waals surface area contributed by atoms with E-state index in [0.29, 0.717) is 0 Å². The largest absolute Gasteiger partial charge is 0.383 e. The lowest BCUT2D eigenvalue weighted by Gasteiger charge is -2.30. The third-order valence-corrected chi connectivity index (χ3v) is 3.25. The third kappa shape index (κ3) is 2.86. The Morgan fingerprint density at radius 1 is 1.35 bits per heavy atom. The molecule has 0 radical (unpaired) electrons. The van der Waals surface area contributed by atoms with Gasteiger partial charge in [-0.2, -0.15) is 0 Å². The first kappa shape index (κ1) is 12.1. The standard InChI is InChI=1S/C14H18N2S/c1-15(2)11-9-14(17)16-10-5-7-12-6-3-4-8-13(12)16/h3-4,6,8-9,11H,5,7,10H2,1-2H3/b11-9+. The van der Waals surface area contributed by atoms with E-state index in [1.54, 1.807) is 0 Å². The SMILES string of the molecule is CN(C)/C=C/C(=S)N1CCCc2ccccc21. The van der Waals surface area contributed by atoms with Crippen molar-refractivity contribution in [1.29, 1.82) is 0 Å². The summed E-state index contributed by atoms with van der Waals surface area (Å²) in [4.78, 5) is 5.13. The van der Waals surface area contributed by atoms with Crippen LogP contribution in [0.25, 0.3) is 0 Å². The van der Waals surface area contributed by atoms with Crippen LogP contribution in [0.5, 0.6) is 0 Å². The molecule has 90 valence electrons. The molecule has 17 heavy (non-hydrogen) atoms. The molecule has 0 aliphatic carbocycles. The molecule has 1 aliphatic heterocycles. The second-order valence-corrected chi connectivity index (χ2v) is 4.92. The Balaban J connectivity index is 2.21. The number of thiocarbonyl (C=S) groups is 1. The lowest BCUT2D eigenvalue weighted by molar-refractivity contribution is 0.564. The van der Waals surface area contributed by atoms with E-state index >= 15 is 0 Å². The molecule has 0 aromatic heterocycles. The molecule has 0 unspecified atom stereocenters. The van der Waals surface area contributed by atoms with E-state index in [0.717, 1.165) is 18.0 Å². The highest BCUT2D eigenvalue weighted by Gasteiger charge is 2.17. The molecule has 1 aliphatic rings. The van der Waals surface area contributed by atoms with Crippen LogP contribution in [0.3, 0.4) is 0 Å². The maximum atomic E-state index is 5.48. The van der Waals surface area contributed by atoms with Crippen LogP contribution in [0, 0.1) is 0 Å². The van der Waals surface area contributed by atoms with Crippen LogP contribution in [0.2, 0.25) is 0 Å².